The van der Waals surface area contributed by atoms with Crippen molar-refractivity contribution in [2.24, 2.45) is 0 Å². The van der Waals surface area contributed by atoms with Gasteiger partial charge in [0.15, 0.2) is 0 Å². The van der Waals surface area contributed by atoms with Gasteiger partial charge >= 0.3 is 11.9 Å². The standard InChI is InChI=1S/C26H15NO6/c28-23-21-9-8-15(20-7-3-5-14-4-1-2-6-19(14)20)13-22(21)24(29)27(23)18-11-16(25(30)31)10-17(12-18)26(32)33/h1-13H,(H,30,31)(H,32,33). The van der Waals surface area contributed by atoms with Crippen LogP contribution in [0.15, 0.2) is 78.9 Å². The Bertz CT molecular complexity index is 1480. The molecule has 2 N–H and O–H groups in total. The van der Waals surface area contributed by atoms with Crippen LogP contribution in [0.25, 0.3) is 21.9 Å². The average molecular weight is 437 g/mol. The van der Waals surface area contributed by atoms with Crippen LogP contribution in [0, 0.1) is 0 Å². The van der Waals surface area contributed by atoms with E-state index in [-0.39, 0.29) is 27.9 Å². The van der Waals surface area contributed by atoms with Crippen molar-refractivity contribution in [2.75, 3.05) is 4.90 Å². The normalized spacial score (nSPS) is 12.8. The second-order valence-electron chi connectivity index (χ2n) is 7.61. The van der Waals surface area contributed by atoms with Gasteiger partial charge in [0.1, 0.15) is 0 Å². The summed E-state index contributed by atoms with van der Waals surface area (Å²) in [7, 11) is 0. The summed E-state index contributed by atoms with van der Waals surface area (Å²) >= 11 is 0. The molecule has 7 heteroatoms. The lowest BCUT2D eigenvalue weighted by Crippen LogP contribution is -2.29. The van der Waals surface area contributed by atoms with Gasteiger partial charge in [-0.1, -0.05) is 48.5 Å². The molecule has 0 saturated heterocycles. The fraction of sp³-hybridized carbons (Fsp3) is 0. The van der Waals surface area contributed by atoms with Crippen molar-refractivity contribution in [3.63, 3.8) is 0 Å². The highest BCUT2D eigenvalue weighted by atomic mass is 16.4. The lowest BCUT2D eigenvalue weighted by molar-refractivity contribution is 0.0695. The van der Waals surface area contributed by atoms with Crippen LogP contribution in [0.2, 0.25) is 0 Å². The van der Waals surface area contributed by atoms with E-state index in [2.05, 4.69) is 0 Å². The molecule has 0 aliphatic carbocycles. The van der Waals surface area contributed by atoms with Crippen LogP contribution in [0.3, 0.4) is 0 Å². The minimum absolute atomic E-state index is 0.106. The number of aromatic carboxylic acids is 2. The van der Waals surface area contributed by atoms with E-state index < -0.39 is 23.8 Å². The maximum atomic E-state index is 13.2. The molecule has 0 spiro atoms. The summed E-state index contributed by atoms with van der Waals surface area (Å²) in [6, 6.07) is 21.8. The molecule has 5 rings (SSSR count). The van der Waals surface area contributed by atoms with Crippen molar-refractivity contribution in [1.82, 2.24) is 0 Å². The fourth-order valence-electron chi connectivity index (χ4n) is 4.11. The van der Waals surface area contributed by atoms with Crippen LogP contribution in [-0.4, -0.2) is 34.0 Å². The van der Waals surface area contributed by atoms with Gasteiger partial charge in [-0.25, -0.2) is 14.5 Å². The molecule has 1 aliphatic rings. The number of carboxylic acid groups (broad SMARTS) is 2. The van der Waals surface area contributed by atoms with Crippen LogP contribution in [0.4, 0.5) is 5.69 Å². The lowest BCUT2D eigenvalue weighted by Gasteiger charge is -2.15. The smallest absolute Gasteiger partial charge is 0.335 e. The number of hydrogen-bond acceptors (Lipinski definition) is 4. The monoisotopic (exact) mass is 437 g/mol. The Balaban J connectivity index is 1.62. The molecule has 0 bridgehead atoms. The minimum atomic E-state index is -1.37. The van der Waals surface area contributed by atoms with Gasteiger partial charge in [-0.2, -0.15) is 0 Å². The first-order valence-corrected chi connectivity index (χ1v) is 9.98. The summed E-state index contributed by atoms with van der Waals surface area (Å²) in [6.07, 6.45) is 0. The first-order valence-electron chi connectivity index (χ1n) is 9.98. The highest BCUT2D eigenvalue weighted by Crippen LogP contribution is 2.35. The molecule has 0 saturated carbocycles. The molecule has 4 aromatic rings. The minimum Gasteiger partial charge on any atom is -0.478 e. The first-order chi connectivity index (χ1) is 15.8. The first kappa shape index (κ1) is 20.1. The van der Waals surface area contributed by atoms with Crippen LogP contribution in [0.1, 0.15) is 41.4 Å². The molecule has 0 atom stereocenters. The predicted octanol–water partition coefficient (Wildman–Crippen LogP) is 4.70. The Morgan fingerprint density at radius 1 is 0.636 bits per heavy atom. The molecule has 160 valence electrons. The zero-order valence-electron chi connectivity index (χ0n) is 17.0. The molecule has 7 nitrogen and oxygen atoms in total. The molecule has 4 aromatic carbocycles. The molecule has 0 aromatic heterocycles. The van der Waals surface area contributed by atoms with Crippen LogP contribution in [0.5, 0.6) is 0 Å². The Kier molecular flexibility index (Phi) is 4.53. The molecule has 1 heterocycles. The third-order valence-electron chi connectivity index (χ3n) is 5.66. The molecular formula is C26H15NO6. The van der Waals surface area contributed by atoms with E-state index in [1.54, 1.807) is 18.2 Å². The summed E-state index contributed by atoms with van der Waals surface area (Å²) in [5.41, 5.74) is 1.21. The third kappa shape index (κ3) is 3.23. The number of anilines is 1. The van der Waals surface area contributed by atoms with Gasteiger partial charge in [0.2, 0.25) is 0 Å². The second-order valence-corrected chi connectivity index (χ2v) is 7.61. The summed E-state index contributed by atoms with van der Waals surface area (Å²) < 4.78 is 0. The molecule has 33 heavy (non-hydrogen) atoms. The number of hydrogen-bond donors (Lipinski definition) is 2. The quantitative estimate of drug-likeness (QED) is 0.448. The second kappa shape index (κ2) is 7.42. The zero-order chi connectivity index (χ0) is 23.3. The number of carbonyl (C=O) groups is 4. The zero-order valence-corrected chi connectivity index (χ0v) is 17.0. The Morgan fingerprint density at radius 2 is 1.27 bits per heavy atom. The fourth-order valence-corrected chi connectivity index (χ4v) is 4.11. The summed E-state index contributed by atoms with van der Waals surface area (Å²) in [5.74, 6) is -4.02. The van der Waals surface area contributed by atoms with E-state index in [0.717, 1.165) is 45.0 Å². The topological polar surface area (TPSA) is 112 Å². The van der Waals surface area contributed by atoms with Gasteiger partial charge in [-0.3, -0.25) is 9.59 Å². The number of carboxylic acids is 2. The predicted molar refractivity (Wildman–Crippen MR) is 121 cm³/mol. The highest BCUT2D eigenvalue weighted by molar-refractivity contribution is 6.35. The van der Waals surface area contributed by atoms with Crippen molar-refractivity contribution < 1.29 is 29.4 Å². The number of carbonyl (C=O) groups excluding carboxylic acids is 2. The van der Waals surface area contributed by atoms with Crippen LogP contribution >= 0.6 is 0 Å². The Hall–Kier alpha value is -4.78. The number of nitrogens with zero attached hydrogens (tertiary/aromatic N) is 1. The third-order valence-corrected chi connectivity index (χ3v) is 5.66. The van der Waals surface area contributed by atoms with Crippen molar-refractivity contribution in [3.05, 3.63) is 101 Å². The summed E-state index contributed by atoms with van der Waals surface area (Å²) in [4.78, 5) is 50.0. The summed E-state index contributed by atoms with van der Waals surface area (Å²) in [6.45, 7) is 0. The van der Waals surface area contributed by atoms with Crippen molar-refractivity contribution in [1.29, 1.82) is 0 Å². The highest BCUT2D eigenvalue weighted by Gasteiger charge is 2.37. The largest absolute Gasteiger partial charge is 0.478 e. The van der Waals surface area contributed by atoms with E-state index in [0.29, 0.717) is 0 Å². The van der Waals surface area contributed by atoms with Gasteiger partial charge in [-0.15, -0.1) is 0 Å². The number of imide groups is 1. The van der Waals surface area contributed by atoms with Crippen molar-refractivity contribution in [2.45, 2.75) is 0 Å². The van der Waals surface area contributed by atoms with E-state index in [1.165, 1.54) is 0 Å². The molecule has 0 radical (unpaired) electrons. The average Bonchev–Trinajstić information content (AvgIpc) is 3.07. The molecule has 1 aliphatic heterocycles. The van der Waals surface area contributed by atoms with Gasteiger partial charge in [0.25, 0.3) is 11.8 Å². The SMILES string of the molecule is O=C(O)c1cc(C(=O)O)cc(N2C(=O)c3ccc(-c4cccc5ccccc45)cc3C2=O)c1. The number of fused-ring (bicyclic) bond motifs is 2. The number of amides is 2. The molecule has 2 amide bonds. The molecule has 0 fully saturated rings. The number of rotatable bonds is 4. The summed E-state index contributed by atoms with van der Waals surface area (Å²) in [5, 5.41) is 20.7. The van der Waals surface area contributed by atoms with Crippen molar-refractivity contribution in [3.8, 4) is 11.1 Å². The lowest BCUT2D eigenvalue weighted by atomic mass is 9.95. The van der Waals surface area contributed by atoms with Gasteiger partial charge in [0.05, 0.1) is 27.9 Å². The van der Waals surface area contributed by atoms with E-state index >= 15 is 0 Å². The maximum Gasteiger partial charge on any atom is 0.335 e. The van der Waals surface area contributed by atoms with E-state index in [1.807, 2.05) is 42.5 Å². The van der Waals surface area contributed by atoms with Gasteiger partial charge in [-0.05, 0) is 52.2 Å². The van der Waals surface area contributed by atoms with Gasteiger partial charge in [0, 0.05) is 0 Å². The van der Waals surface area contributed by atoms with Crippen molar-refractivity contribution >= 4 is 40.2 Å². The van der Waals surface area contributed by atoms with Crippen LogP contribution < -0.4 is 4.90 Å². The molecule has 0 unspecified atom stereocenters. The molecular weight excluding hydrogens is 422 g/mol. The van der Waals surface area contributed by atoms with E-state index in [9.17, 15) is 29.4 Å². The number of benzene rings is 4. The Labute approximate surface area is 187 Å². The van der Waals surface area contributed by atoms with Crippen LogP contribution in [-0.2, 0) is 0 Å². The van der Waals surface area contributed by atoms with E-state index in [4.69, 9.17) is 0 Å². The maximum absolute atomic E-state index is 13.2. The Morgan fingerprint density at radius 3 is 1.97 bits per heavy atom. The van der Waals surface area contributed by atoms with Gasteiger partial charge < -0.3 is 10.2 Å².